The number of carbonyl (C=O) groups is 1. The summed E-state index contributed by atoms with van der Waals surface area (Å²) < 4.78 is 13.0. The van der Waals surface area contributed by atoms with E-state index in [4.69, 9.17) is 4.84 Å². The Bertz CT molecular complexity index is 714. The first-order valence-corrected chi connectivity index (χ1v) is 7.41. The minimum Gasteiger partial charge on any atom is -0.382 e. The van der Waals surface area contributed by atoms with Crippen molar-refractivity contribution in [1.82, 2.24) is 4.90 Å². The third kappa shape index (κ3) is 3.56. The number of benzene rings is 2. The minimum atomic E-state index is -0.622. The van der Waals surface area contributed by atoms with Gasteiger partial charge in [0.25, 0.3) is 5.91 Å². The van der Waals surface area contributed by atoms with E-state index in [1.54, 1.807) is 24.1 Å². The van der Waals surface area contributed by atoms with Crippen LogP contribution in [0.25, 0.3) is 0 Å². The molecule has 1 amide bonds. The number of likely N-dealkylation sites (N-methyl/N-ethyl adjacent to an activating group) is 1. The summed E-state index contributed by atoms with van der Waals surface area (Å²) in [6.07, 6.45) is -0.229. The van der Waals surface area contributed by atoms with Crippen molar-refractivity contribution in [3.63, 3.8) is 0 Å². The quantitative estimate of drug-likeness (QED) is 0.871. The van der Waals surface area contributed by atoms with Gasteiger partial charge in [-0.15, -0.1) is 0 Å². The van der Waals surface area contributed by atoms with Crippen molar-refractivity contribution in [1.29, 1.82) is 0 Å². The first kappa shape index (κ1) is 15.2. The maximum atomic E-state index is 13.0. The highest BCUT2D eigenvalue weighted by Crippen LogP contribution is 2.19. The van der Waals surface area contributed by atoms with Gasteiger partial charge in [-0.25, -0.2) is 4.39 Å². The molecule has 1 aliphatic heterocycles. The average Bonchev–Trinajstić information content (AvgIpc) is 3.05. The largest absolute Gasteiger partial charge is 0.382 e. The fraction of sp³-hybridized carbons (Fsp3) is 0.222. The van der Waals surface area contributed by atoms with E-state index in [0.29, 0.717) is 18.7 Å². The van der Waals surface area contributed by atoms with Crippen LogP contribution in [0.15, 0.2) is 59.8 Å². The Labute approximate surface area is 134 Å². The van der Waals surface area contributed by atoms with Gasteiger partial charge in [-0.3, -0.25) is 4.79 Å². The molecule has 0 bridgehead atoms. The van der Waals surface area contributed by atoms with Gasteiger partial charge < -0.3 is 9.74 Å². The summed E-state index contributed by atoms with van der Waals surface area (Å²) >= 11 is 0. The van der Waals surface area contributed by atoms with E-state index in [1.165, 1.54) is 12.1 Å². The van der Waals surface area contributed by atoms with Crippen molar-refractivity contribution in [2.45, 2.75) is 19.1 Å². The molecule has 2 aromatic carbocycles. The third-order valence-corrected chi connectivity index (χ3v) is 3.76. The van der Waals surface area contributed by atoms with E-state index >= 15 is 0 Å². The van der Waals surface area contributed by atoms with Crippen molar-refractivity contribution in [2.75, 3.05) is 7.05 Å². The van der Waals surface area contributed by atoms with Crippen LogP contribution in [-0.2, 0) is 16.2 Å². The highest BCUT2D eigenvalue weighted by molar-refractivity contribution is 6.04. The highest BCUT2D eigenvalue weighted by atomic mass is 19.1. The van der Waals surface area contributed by atoms with Gasteiger partial charge >= 0.3 is 0 Å². The number of amides is 1. The lowest BCUT2D eigenvalue weighted by atomic mass is 10.0. The predicted molar refractivity (Wildman–Crippen MR) is 85.3 cm³/mol. The van der Waals surface area contributed by atoms with Crippen LogP contribution in [0.1, 0.15) is 17.5 Å². The second-order valence-corrected chi connectivity index (χ2v) is 5.52. The van der Waals surface area contributed by atoms with E-state index in [9.17, 15) is 9.18 Å². The van der Waals surface area contributed by atoms with Gasteiger partial charge in [-0.2, -0.15) is 0 Å². The van der Waals surface area contributed by atoms with E-state index < -0.39 is 6.10 Å². The molecule has 0 saturated carbocycles. The van der Waals surface area contributed by atoms with Crippen LogP contribution < -0.4 is 0 Å². The molecule has 0 radical (unpaired) electrons. The maximum absolute atomic E-state index is 13.0. The standard InChI is InChI=1S/C18H17FN2O2/c1-21(12-13-5-3-2-4-6-13)18(22)17-11-16(20-23-17)14-7-9-15(19)10-8-14/h2-10,17H,11-12H2,1H3/t17-/m1/s1. The van der Waals surface area contributed by atoms with Crippen LogP contribution in [0.2, 0.25) is 0 Å². The average molecular weight is 312 g/mol. The van der Waals surface area contributed by atoms with Crippen LogP contribution in [-0.4, -0.2) is 29.7 Å². The molecule has 0 saturated heterocycles. The number of carbonyl (C=O) groups excluding carboxylic acids is 1. The molecule has 1 heterocycles. The van der Waals surface area contributed by atoms with Gasteiger partial charge in [0.15, 0.2) is 0 Å². The lowest BCUT2D eigenvalue weighted by molar-refractivity contribution is -0.141. The molecule has 118 valence electrons. The topological polar surface area (TPSA) is 41.9 Å². The lowest BCUT2D eigenvalue weighted by Crippen LogP contribution is -2.36. The third-order valence-electron chi connectivity index (χ3n) is 3.76. The van der Waals surface area contributed by atoms with Gasteiger partial charge in [0.05, 0.1) is 5.71 Å². The molecule has 3 rings (SSSR count). The Morgan fingerprint density at radius 2 is 1.91 bits per heavy atom. The molecule has 0 unspecified atom stereocenters. The summed E-state index contributed by atoms with van der Waals surface area (Å²) in [7, 11) is 1.74. The van der Waals surface area contributed by atoms with Gasteiger partial charge in [-0.05, 0) is 23.3 Å². The summed E-state index contributed by atoms with van der Waals surface area (Å²) in [5.41, 5.74) is 2.49. The van der Waals surface area contributed by atoms with Gasteiger partial charge in [0.2, 0.25) is 6.10 Å². The van der Waals surface area contributed by atoms with Crippen LogP contribution in [0.4, 0.5) is 4.39 Å². The molecule has 23 heavy (non-hydrogen) atoms. The number of rotatable bonds is 4. The smallest absolute Gasteiger partial charge is 0.266 e. The molecule has 0 N–H and O–H groups in total. The Kier molecular flexibility index (Phi) is 4.37. The Morgan fingerprint density at radius 1 is 1.22 bits per heavy atom. The number of oxime groups is 1. The van der Waals surface area contributed by atoms with Gasteiger partial charge in [-0.1, -0.05) is 47.6 Å². The van der Waals surface area contributed by atoms with E-state index in [2.05, 4.69) is 5.16 Å². The molecular weight excluding hydrogens is 295 g/mol. The zero-order valence-corrected chi connectivity index (χ0v) is 12.8. The van der Waals surface area contributed by atoms with Crippen molar-refractivity contribution in [2.24, 2.45) is 5.16 Å². The van der Waals surface area contributed by atoms with Crippen LogP contribution >= 0.6 is 0 Å². The fourth-order valence-corrected chi connectivity index (χ4v) is 2.50. The molecule has 5 heteroatoms. The fourth-order valence-electron chi connectivity index (χ4n) is 2.50. The first-order chi connectivity index (χ1) is 11.1. The SMILES string of the molecule is CN(Cc1ccccc1)C(=O)[C@H]1CC(c2ccc(F)cc2)=NO1. The number of halogens is 1. The molecule has 0 aliphatic carbocycles. The Morgan fingerprint density at radius 3 is 2.61 bits per heavy atom. The normalized spacial score (nSPS) is 16.6. The monoisotopic (exact) mass is 312 g/mol. The van der Waals surface area contributed by atoms with Crippen LogP contribution in [0, 0.1) is 5.82 Å². The van der Waals surface area contributed by atoms with Crippen molar-refractivity contribution in [3.05, 3.63) is 71.5 Å². The molecule has 0 aromatic heterocycles. The molecule has 1 atom stereocenters. The van der Waals surface area contributed by atoms with Crippen LogP contribution in [0.5, 0.6) is 0 Å². The first-order valence-electron chi connectivity index (χ1n) is 7.41. The van der Waals surface area contributed by atoms with E-state index in [0.717, 1.165) is 11.1 Å². The summed E-state index contributed by atoms with van der Waals surface area (Å²) in [4.78, 5) is 19.4. The zero-order valence-electron chi connectivity index (χ0n) is 12.8. The number of hydrogen-bond donors (Lipinski definition) is 0. The van der Waals surface area contributed by atoms with E-state index in [1.807, 2.05) is 30.3 Å². The summed E-state index contributed by atoms with van der Waals surface area (Å²) in [5.74, 6) is -0.418. The number of hydrogen-bond acceptors (Lipinski definition) is 3. The summed E-state index contributed by atoms with van der Waals surface area (Å²) in [6.45, 7) is 0.519. The predicted octanol–water partition coefficient (Wildman–Crippen LogP) is 2.98. The summed E-state index contributed by atoms with van der Waals surface area (Å²) in [5, 5.41) is 3.97. The Hall–Kier alpha value is -2.69. The molecule has 4 nitrogen and oxygen atoms in total. The lowest BCUT2D eigenvalue weighted by Gasteiger charge is -2.19. The second-order valence-electron chi connectivity index (χ2n) is 5.52. The second kappa shape index (κ2) is 6.60. The maximum Gasteiger partial charge on any atom is 0.266 e. The van der Waals surface area contributed by atoms with Crippen molar-refractivity contribution >= 4 is 11.6 Å². The van der Waals surface area contributed by atoms with E-state index in [-0.39, 0.29) is 11.7 Å². The van der Waals surface area contributed by atoms with Gasteiger partial charge in [0.1, 0.15) is 5.82 Å². The molecule has 2 aromatic rings. The molecule has 1 aliphatic rings. The highest BCUT2D eigenvalue weighted by Gasteiger charge is 2.31. The molecular formula is C18H17FN2O2. The molecule has 0 fully saturated rings. The number of nitrogens with zero attached hydrogens (tertiary/aromatic N) is 2. The Balaban J connectivity index is 1.61. The van der Waals surface area contributed by atoms with Crippen molar-refractivity contribution in [3.8, 4) is 0 Å². The van der Waals surface area contributed by atoms with Crippen LogP contribution in [0.3, 0.4) is 0 Å². The molecule has 0 spiro atoms. The van der Waals surface area contributed by atoms with Gasteiger partial charge in [0, 0.05) is 20.0 Å². The zero-order chi connectivity index (χ0) is 16.2. The summed E-state index contributed by atoms with van der Waals surface area (Å²) in [6, 6.07) is 15.8. The minimum absolute atomic E-state index is 0.116. The van der Waals surface area contributed by atoms with Crippen molar-refractivity contribution < 1.29 is 14.0 Å².